The van der Waals surface area contributed by atoms with Gasteiger partial charge in [-0.2, -0.15) is 0 Å². The summed E-state index contributed by atoms with van der Waals surface area (Å²) in [4.78, 5) is 19.5. The molecule has 29 heavy (non-hydrogen) atoms. The van der Waals surface area contributed by atoms with Crippen molar-refractivity contribution in [3.8, 4) is 5.75 Å². The number of carbonyl (C=O) groups excluding carboxylic acids is 1. The maximum Gasteiger partial charge on any atom is 0.255 e. The number of anilines is 1. The van der Waals surface area contributed by atoms with E-state index in [1.807, 2.05) is 62.2 Å². The van der Waals surface area contributed by atoms with Crippen LogP contribution in [0.2, 0.25) is 0 Å². The number of benzene rings is 1. The van der Waals surface area contributed by atoms with Crippen molar-refractivity contribution in [2.24, 2.45) is 11.8 Å². The van der Waals surface area contributed by atoms with Crippen molar-refractivity contribution in [2.75, 3.05) is 25.5 Å². The van der Waals surface area contributed by atoms with E-state index in [4.69, 9.17) is 4.74 Å². The first-order chi connectivity index (χ1) is 14.0. The van der Waals surface area contributed by atoms with Gasteiger partial charge < -0.3 is 20.1 Å². The first-order valence-corrected chi connectivity index (χ1v) is 10.3. The minimum Gasteiger partial charge on any atom is -0.486 e. The average Bonchev–Trinajstić information content (AvgIpc) is 3.12. The lowest BCUT2D eigenvalue weighted by Crippen LogP contribution is -2.42. The molecule has 0 bridgehead atoms. The third-order valence-electron chi connectivity index (χ3n) is 6.25. The molecule has 1 amide bonds. The normalized spacial score (nSPS) is 26.1. The van der Waals surface area contributed by atoms with Gasteiger partial charge in [0.05, 0.1) is 17.4 Å². The molecule has 1 saturated carbocycles. The number of aromatic nitrogens is 1. The highest BCUT2D eigenvalue weighted by molar-refractivity contribution is 5.99. The number of carbonyl (C=O) groups is 1. The van der Waals surface area contributed by atoms with Gasteiger partial charge in [0.2, 0.25) is 0 Å². The van der Waals surface area contributed by atoms with E-state index in [9.17, 15) is 9.90 Å². The molecule has 0 unspecified atom stereocenters. The smallest absolute Gasteiger partial charge is 0.255 e. The van der Waals surface area contributed by atoms with Gasteiger partial charge in [-0.1, -0.05) is 12.1 Å². The van der Waals surface area contributed by atoms with Crippen LogP contribution in [0.4, 0.5) is 5.69 Å². The molecule has 154 valence electrons. The lowest BCUT2D eigenvalue weighted by atomic mass is 9.78. The molecule has 1 aliphatic carbocycles. The molecule has 2 aliphatic rings. The highest BCUT2D eigenvalue weighted by Gasteiger charge is 2.44. The van der Waals surface area contributed by atoms with Crippen LogP contribution in [0.3, 0.4) is 0 Å². The molecule has 2 N–H and O–H groups in total. The van der Waals surface area contributed by atoms with Crippen molar-refractivity contribution >= 4 is 11.6 Å². The lowest BCUT2D eigenvalue weighted by molar-refractivity contribution is -0.0236. The summed E-state index contributed by atoms with van der Waals surface area (Å²) in [5.41, 5.74) is 3.33. The van der Waals surface area contributed by atoms with Gasteiger partial charge in [-0.05, 0) is 62.8 Å². The highest BCUT2D eigenvalue weighted by Crippen LogP contribution is 2.39. The standard InChI is InChI=1S/C23H29N3O3/c1-14-8-9-21(15(2)25-14)29-22-11-17-13-26(12-16(17)10-20(22)27)23(28)18-6-4-5-7-19(18)24-3/h4-9,16-17,20,22,24,27H,10-13H2,1-3H3/t16-,17+,20+,22+/m0/s1. The molecule has 1 aromatic carbocycles. The summed E-state index contributed by atoms with van der Waals surface area (Å²) in [5, 5.41) is 13.8. The Hall–Kier alpha value is -2.60. The Bertz CT molecular complexity index is 901. The number of hydrogen-bond donors (Lipinski definition) is 2. The van der Waals surface area contributed by atoms with E-state index >= 15 is 0 Å². The fraction of sp³-hybridized carbons (Fsp3) is 0.478. The number of ether oxygens (including phenoxy) is 1. The summed E-state index contributed by atoms with van der Waals surface area (Å²) in [5.74, 6) is 1.43. The number of nitrogens with one attached hydrogen (secondary N) is 1. The zero-order valence-corrected chi connectivity index (χ0v) is 17.3. The minimum atomic E-state index is -0.531. The van der Waals surface area contributed by atoms with Gasteiger partial charge >= 0.3 is 0 Å². The van der Waals surface area contributed by atoms with Gasteiger partial charge in [0, 0.05) is 31.5 Å². The molecule has 4 atom stereocenters. The second-order valence-electron chi connectivity index (χ2n) is 8.26. The highest BCUT2D eigenvalue weighted by atomic mass is 16.5. The van der Waals surface area contributed by atoms with Crippen LogP contribution >= 0.6 is 0 Å². The summed E-state index contributed by atoms with van der Waals surface area (Å²) in [6.07, 6.45) is 0.609. The number of rotatable bonds is 4. The maximum atomic E-state index is 13.1. The molecule has 4 rings (SSSR count). The van der Waals surface area contributed by atoms with Crippen LogP contribution in [0.5, 0.6) is 5.75 Å². The number of likely N-dealkylation sites (tertiary alicyclic amines) is 1. The molecular weight excluding hydrogens is 366 g/mol. The molecular formula is C23H29N3O3. The second-order valence-corrected chi connectivity index (χ2v) is 8.26. The van der Waals surface area contributed by atoms with E-state index in [-0.39, 0.29) is 12.0 Å². The average molecular weight is 396 g/mol. The Morgan fingerprint density at radius 3 is 2.59 bits per heavy atom. The summed E-state index contributed by atoms with van der Waals surface area (Å²) in [6.45, 7) is 5.28. The van der Waals surface area contributed by atoms with Crippen LogP contribution in [0.15, 0.2) is 36.4 Å². The lowest BCUT2D eigenvalue weighted by Gasteiger charge is -2.35. The number of amides is 1. The topological polar surface area (TPSA) is 74.7 Å². The van der Waals surface area contributed by atoms with Gasteiger partial charge in [-0.25, -0.2) is 0 Å². The number of nitrogens with zero attached hydrogens (tertiary/aromatic N) is 2. The molecule has 0 radical (unpaired) electrons. The fourth-order valence-corrected chi connectivity index (χ4v) is 4.70. The van der Waals surface area contributed by atoms with Gasteiger partial charge in [0.25, 0.3) is 5.91 Å². The van der Waals surface area contributed by atoms with Gasteiger partial charge in [-0.15, -0.1) is 0 Å². The van der Waals surface area contributed by atoms with Crippen LogP contribution in [0, 0.1) is 25.7 Å². The Balaban J connectivity index is 1.45. The van der Waals surface area contributed by atoms with E-state index in [0.717, 1.165) is 29.2 Å². The molecule has 1 aliphatic heterocycles. The molecule has 0 spiro atoms. The second kappa shape index (κ2) is 8.03. The van der Waals surface area contributed by atoms with Crippen molar-refractivity contribution < 1.29 is 14.6 Å². The van der Waals surface area contributed by atoms with Crippen molar-refractivity contribution in [3.63, 3.8) is 0 Å². The molecule has 2 aromatic rings. The zero-order chi connectivity index (χ0) is 20.5. The fourth-order valence-electron chi connectivity index (χ4n) is 4.70. The number of pyridine rings is 1. The van der Waals surface area contributed by atoms with Crippen LogP contribution in [-0.2, 0) is 0 Å². The number of para-hydroxylation sites is 1. The van der Waals surface area contributed by atoms with Crippen molar-refractivity contribution in [2.45, 2.75) is 38.9 Å². The maximum absolute atomic E-state index is 13.1. The molecule has 1 saturated heterocycles. The van der Waals surface area contributed by atoms with Gasteiger partial charge in [0.15, 0.2) is 0 Å². The third-order valence-corrected chi connectivity index (χ3v) is 6.25. The van der Waals surface area contributed by atoms with E-state index in [0.29, 0.717) is 36.9 Å². The number of aliphatic hydroxyl groups excluding tert-OH is 1. The number of aliphatic hydroxyl groups is 1. The monoisotopic (exact) mass is 395 g/mol. The zero-order valence-electron chi connectivity index (χ0n) is 17.3. The first kappa shape index (κ1) is 19.7. The van der Waals surface area contributed by atoms with E-state index in [1.165, 1.54) is 0 Å². The predicted octanol–water partition coefficient (Wildman–Crippen LogP) is 3.03. The van der Waals surface area contributed by atoms with Crippen LogP contribution in [-0.4, -0.2) is 53.2 Å². The Morgan fingerprint density at radius 1 is 1.14 bits per heavy atom. The Morgan fingerprint density at radius 2 is 1.86 bits per heavy atom. The van der Waals surface area contributed by atoms with Crippen LogP contribution in [0.1, 0.15) is 34.6 Å². The summed E-state index contributed by atoms with van der Waals surface area (Å²) in [7, 11) is 1.83. The molecule has 2 heterocycles. The third kappa shape index (κ3) is 3.94. The summed E-state index contributed by atoms with van der Waals surface area (Å²) >= 11 is 0. The minimum absolute atomic E-state index is 0.0508. The van der Waals surface area contributed by atoms with Gasteiger partial charge in [0.1, 0.15) is 11.9 Å². The molecule has 6 nitrogen and oxygen atoms in total. The van der Waals surface area contributed by atoms with E-state index < -0.39 is 6.10 Å². The summed E-state index contributed by atoms with van der Waals surface area (Å²) < 4.78 is 6.15. The largest absolute Gasteiger partial charge is 0.486 e. The van der Waals surface area contributed by atoms with Gasteiger partial charge in [-0.3, -0.25) is 9.78 Å². The van der Waals surface area contributed by atoms with Crippen LogP contribution in [0.25, 0.3) is 0 Å². The van der Waals surface area contributed by atoms with E-state index in [1.54, 1.807) is 0 Å². The Labute approximate surface area is 171 Å². The molecule has 2 fully saturated rings. The predicted molar refractivity (Wildman–Crippen MR) is 112 cm³/mol. The van der Waals surface area contributed by atoms with E-state index in [2.05, 4.69) is 10.3 Å². The van der Waals surface area contributed by atoms with Crippen molar-refractivity contribution in [1.29, 1.82) is 0 Å². The SMILES string of the molecule is CNc1ccccc1C(=O)N1C[C@H]2C[C@@H](Oc3ccc(C)nc3C)[C@H](O)C[C@H]2C1. The molecule has 1 aromatic heterocycles. The van der Waals surface area contributed by atoms with Crippen molar-refractivity contribution in [1.82, 2.24) is 9.88 Å². The number of aryl methyl sites for hydroxylation is 2. The molecule has 6 heteroatoms. The van der Waals surface area contributed by atoms with Crippen molar-refractivity contribution in [3.05, 3.63) is 53.3 Å². The number of hydrogen-bond acceptors (Lipinski definition) is 5. The number of fused-ring (bicyclic) bond motifs is 1. The van der Waals surface area contributed by atoms with Crippen LogP contribution < -0.4 is 10.1 Å². The quantitative estimate of drug-likeness (QED) is 0.832. The Kier molecular flexibility index (Phi) is 5.46. The first-order valence-electron chi connectivity index (χ1n) is 10.3. The summed E-state index contributed by atoms with van der Waals surface area (Å²) in [6, 6.07) is 11.5.